The van der Waals surface area contributed by atoms with Crippen molar-refractivity contribution in [2.75, 3.05) is 47.8 Å². The molecule has 0 amide bonds. The first-order chi connectivity index (χ1) is 11.4. The van der Waals surface area contributed by atoms with Crippen LogP contribution in [0.3, 0.4) is 0 Å². The van der Waals surface area contributed by atoms with E-state index in [4.69, 9.17) is 0 Å². The molecule has 4 heterocycles. The number of anilines is 4. The van der Waals surface area contributed by atoms with Crippen molar-refractivity contribution in [2.24, 2.45) is 0 Å². The van der Waals surface area contributed by atoms with Crippen molar-refractivity contribution >= 4 is 23.0 Å². The molecule has 0 fully saturated rings. The van der Waals surface area contributed by atoms with Gasteiger partial charge in [-0.05, 0) is 28.2 Å². The molecular formula is C14H18AgN8O2-. The van der Waals surface area contributed by atoms with E-state index in [2.05, 4.69) is 19.9 Å². The van der Waals surface area contributed by atoms with Gasteiger partial charge in [0.05, 0.1) is 12.7 Å². The van der Waals surface area contributed by atoms with Crippen molar-refractivity contribution in [1.29, 1.82) is 0 Å². The standard InChI is InChI=1S/2C7H9N4O.Ag/c2*1-10-4-11(2)6-5(10)7(12)9-3-8-6;/h2*3-4H,1-2H3,(H,8,9,12);/q2*-1;+1. The molecule has 0 saturated heterocycles. The molecule has 2 N–H and O–H groups in total. The minimum atomic E-state index is -0.108. The van der Waals surface area contributed by atoms with E-state index in [-0.39, 0.29) is 33.5 Å². The number of nitrogens with zero attached hydrogens (tertiary/aromatic N) is 6. The topological polar surface area (TPSA) is 104 Å². The molecule has 2 aliphatic heterocycles. The molecule has 138 valence electrons. The normalized spacial score (nSPS) is 14.6. The monoisotopic (exact) mass is 437 g/mol. The quantitative estimate of drug-likeness (QED) is 0.421. The number of rotatable bonds is 0. The van der Waals surface area contributed by atoms with E-state index in [0.29, 0.717) is 23.0 Å². The first-order valence-electron chi connectivity index (χ1n) is 7.17. The summed E-state index contributed by atoms with van der Waals surface area (Å²) in [6.45, 7) is 3.62. The van der Waals surface area contributed by atoms with E-state index in [1.54, 1.807) is 9.80 Å². The van der Waals surface area contributed by atoms with Crippen molar-refractivity contribution in [3.8, 4) is 0 Å². The third kappa shape index (κ3) is 3.41. The summed E-state index contributed by atoms with van der Waals surface area (Å²) in [6, 6.07) is 0. The maximum absolute atomic E-state index is 11.3. The van der Waals surface area contributed by atoms with Crippen LogP contribution in [0.2, 0.25) is 0 Å². The minimum absolute atomic E-state index is 0. The molecule has 0 unspecified atom stereocenters. The Bertz CT molecular complexity index is 795. The number of hydrogen-bond donors (Lipinski definition) is 2. The van der Waals surface area contributed by atoms with Crippen LogP contribution in [-0.2, 0) is 22.4 Å². The fourth-order valence-corrected chi connectivity index (χ4v) is 2.66. The van der Waals surface area contributed by atoms with E-state index in [1.807, 2.05) is 51.3 Å². The van der Waals surface area contributed by atoms with Crippen LogP contribution in [-0.4, -0.2) is 48.1 Å². The Morgan fingerprint density at radius 3 is 1.44 bits per heavy atom. The van der Waals surface area contributed by atoms with Crippen molar-refractivity contribution in [3.05, 3.63) is 46.7 Å². The van der Waals surface area contributed by atoms with Gasteiger partial charge in [0.15, 0.2) is 0 Å². The van der Waals surface area contributed by atoms with Crippen LogP contribution in [0.1, 0.15) is 0 Å². The average molecular weight is 438 g/mol. The van der Waals surface area contributed by atoms with E-state index < -0.39 is 0 Å². The fourth-order valence-electron chi connectivity index (χ4n) is 2.66. The van der Waals surface area contributed by atoms with Gasteiger partial charge in [0.2, 0.25) is 0 Å². The van der Waals surface area contributed by atoms with E-state index in [0.717, 1.165) is 0 Å². The molecule has 0 atom stereocenters. The molecule has 0 saturated carbocycles. The van der Waals surface area contributed by atoms with E-state index in [9.17, 15) is 9.59 Å². The second-order valence-electron chi connectivity index (χ2n) is 5.48. The smallest absolute Gasteiger partial charge is 0.498 e. The van der Waals surface area contributed by atoms with Crippen molar-refractivity contribution in [3.63, 3.8) is 0 Å². The molecule has 2 aliphatic rings. The summed E-state index contributed by atoms with van der Waals surface area (Å²) in [5.41, 5.74) is 0.978. The van der Waals surface area contributed by atoms with Gasteiger partial charge in [-0.3, -0.25) is 9.59 Å². The maximum atomic E-state index is 11.3. The summed E-state index contributed by atoms with van der Waals surface area (Å²) < 4.78 is 0. The maximum Gasteiger partial charge on any atom is 1.00 e. The number of H-pyrrole nitrogens is 2. The second-order valence-corrected chi connectivity index (χ2v) is 5.48. The zero-order valence-electron chi connectivity index (χ0n) is 14.1. The summed E-state index contributed by atoms with van der Waals surface area (Å²) in [6.07, 6.45) is 2.81. The zero-order valence-corrected chi connectivity index (χ0v) is 15.6. The number of fused-ring (bicyclic) bond motifs is 2. The number of aromatic amines is 2. The Morgan fingerprint density at radius 2 is 1.12 bits per heavy atom. The van der Waals surface area contributed by atoms with Crippen LogP contribution in [0.4, 0.5) is 23.0 Å². The Balaban J connectivity index is 0.000000173. The van der Waals surface area contributed by atoms with Crippen molar-refractivity contribution in [2.45, 2.75) is 0 Å². The van der Waals surface area contributed by atoms with Gasteiger partial charge in [-0.15, -0.1) is 0 Å². The fraction of sp³-hybridized carbons (Fsp3) is 0.286. The summed E-state index contributed by atoms with van der Waals surface area (Å²) in [4.78, 5) is 42.8. The van der Waals surface area contributed by atoms with Gasteiger partial charge in [-0.1, -0.05) is 0 Å². The van der Waals surface area contributed by atoms with Crippen LogP contribution in [0.15, 0.2) is 22.2 Å². The van der Waals surface area contributed by atoms with E-state index in [1.165, 1.54) is 12.7 Å². The Labute approximate surface area is 160 Å². The van der Waals surface area contributed by atoms with Gasteiger partial charge < -0.3 is 29.6 Å². The SMILES string of the molecule is CN1[CH-]N(C)c2c1nc[nH]c2=O.CN1[CH-]N(C)c2c1nc[nH]c2=O.[Ag+]. The molecule has 11 heteroatoms. The Morgan fingerprint density at radius 1 is 0.760 bits per heavy atom. The predicted molar refractivity (Wildman–Crippen MR) is 91.9 cm³/mol. The zero-order chi connectivity index (χ0) is 17.4. The van der Waals surface area contributed by atoms with E-state index >= 15 is 0 Å². The molecule has 0 aliphatic carbocycles. The molecular weight excluding hydrogens is 420 g/mol. The van der Waals surface area contributed by atoms with Gasteiger partial charge >= 0.3 is 22.4 Å². The minimum Gasteiger partial charge on any atom is -0.498 e. The largest absolute Gasteiger partial charge is 1.00 e. The Hall–Kier alpha value is -2.30. The second kappa shape index (κ2) is 7.30. The van der Waals surface area contributed by atoms with Gasteiger partial charge in [-0.2, -0.15) is 13.3 Å². The third-order valence-electron chi connectivity index (χ3n) is 3.69. The first-order valence-corrected chi connectivity index (χ1v) is 7.17. The molecule has 2 aromatic rings. The average Bonchev–Trinajstić information content (AvgIpc) is 2.99. The van der Waals surface area contributed by atoms with Crippen LogP contribution >= 0.6 is 0 Å². The molecule has 0 radical (unpaired) electrons. The van der Waals surface area contributed by atoms with Crippen LogP contribution in [0, 0.1) is 13.3 Å². The first kappa shape index (κ1) is 19.0. The predicted octanol–water partition coefficient (Wildman–Crippen LogP) is -0.452. The summed E-state index contributed by atoms with van der Waals surface area (Å²) in [7, 11) is 7.35. The molecule has 25 heavy (non-hydrogen) atoms. The van der Waals surface area contributed by atoms with Gasteiger partial charge in [-0.25, -0.2) is 9.97 Å². The molecule has 4 rings (SSSR count). The number of nitrogens with one attached hydrogen (secondary N) is 2. The van der Waals surface area contributed by atoms with Crippen LogP contribution < -0.4 is 30.7 Å². The van der Waals surface area contributed by atoms with Gasteiger partial charge in [0.25, 0.3) is 11.1 Å². The molecule has 0 spiro atoms. The van der Waals surface area contributed by atoms with Gasteiger partial charge in [0, 0.05) is 0 Å². The third-order valence-corrected chi connectivity index (χ3v) is 3.69. The van der Waals surface area contributed by atoms with Crippen molar-refractivity contribution < 1.29 is 22.4 Å². The molecule has 0 bridgehead atoms. The molecule has 10 nitrogen and oxygen atoms in total. The van der Waals surface area contributed by atoms with Gasteiger partial charge in [0.1, 0.15) is 23.0 Å². The molecule has 0 aromatic carbocycles. The Kier molecular flexibility index (Phi) is 5.55. The summed E-state index contributed by atoms with van der Waals surface area (Å²) >= 11 is 0. The number of hydrogen-bond acceptors (Lipinski definition) is 8. The van der Waals surface area contributed by atoms with Crippen LogP contribution in [0.5, 0.6) is 0 Å². The molecule has 2 aromatic heterocycles. The van der Waals surface area contributed by atoms with Crippen LogP contribution in [0.25, 0.3) is 0 Å². The summed E-state index contributed by atoms with van der Waals surface area (Å²) in [5, 5.41) is 0. The number of aromatic nitrogens is 4. The summed E-state index contributed by atoms with van der Waals surface area (Å²) in [5.74, 6) is 1.39. The van der Waals surface area contributed by atoms with Crippen molar-refractivity contribution in [1.82, 2.24) is 19.9 Å².